The molecule has 1 aliphatic carbocycles. The first-order valence-electron chi connectivity index (χ1n) is 7.78. The van der Waals surface area contributed by atoms with Crippen LogP contribution in [0.5, 0.6) is 0 Å². The Morgan fingerprint density at radius 3 is 2.90 bits per heavy atom. The molecule has 0 aliphatic heterocycles. The molecule has 1 aliphatic rings. The minimum atomic E-state index is 0.0702. The van der Waals surface area contributed by atoms with E-state index >= 15 is 0 Å². The minimum Gasteiger partial charge on any atom is -0.294 e. The summed E-state index contributed by atoms with van der Waals surface area (Å²) in [6.07, 6.45) is 7.72. The number of unbranched alkanes of at least 4 members (excludes halogenated alkanes) is 1. The fourth-order valence-corrected chi connectivity index (χ4v) is 4.30. The quantitative estimate of drug-likeness (QED) is 0.517. The van der Waals surface area contributed by atoms with Gasteiger partial charge in [0.15, 0.2) is 0 Å². The van der Waals surface area contributed by atoms with E-state index in [0.717, 1.165) is 35.9 Å². The number of aryl methyl sites for hydroxylation is 2. The summed E-state index contributed by atoms with van der Waals surface area (Å²) in [7, 11) is 0. The van der Waals surface area contributed by atoms with Gasteiger partial charge in [-0.05, 0) is 37.7 Å². The second kappa shape index (κ2) is 6.15. The Morgan fingerprint density at radius 1 is 1.33 bits per heavy atom. The number of rotatable bonds is 4. The summed E-state index contributed by atoms with van der Waals surface area (Å²) in [6, 6.07) is 0. The molecule has 3 N–H and O–H groups in total. The third kappa shape index (κ3) is 2.58. The first kappa shape index (κ1) is 14.5. The molecule has 0 bridgehead atoms. The fraction of sp³-hybridized carbons (Fsp3) is 0.600. The molecule has 0 radical (unpaired) electrons. The van der Waals surface area contributed by atoms with Gasteiger partial charge in [-0.15, -0.1) is 11.3 Å². The lowest BCUT2D eigenvalue weighted by molar-refractivity contribution is 0.614. The SMILES string of the molecule is CCCCn1c(NN)nc2sc3c(c2c1=O)CCCCC3. The third-order valence-corrected chi connectivity index (χ3v) is 5.37. The number of hydrogen-bond donors (Lipinski definition) is 2. The standard InChI is InChI=1S/C15H22N4OS/c1-2-3-9-19-14(20)12-10-7-5-4-6-8-11(10)21-13(12)17-15(19)18-16/h2-9,16H2,1H3,(H,17,18). The van der Waals surface area contributed by atoms with Gasteiger partial charge in [0.25, 0.3) is 5.56 Å². The van der Waals surface area contributed by atoms with Crippen molar-refractivity contribution >= 4 is 27.5 Å². The number of fused-ring (bicyclic) bond motifs is 3. The highest BCUT2D eigenvalue weighted by Gasteiger charge is 2.20. The van der Waals surface area contributed by atoms with E-state index in [1.54, 1.807) is 15.9 Å². The fourth-order valence-electron chi connectivity index (χ4n) is 3.05. The molecule has 0 saturated heterocycles. The van der Waals surface area contributed by atoms with Crippen LogP contribution in [0, 0.1) is 0 Å². The van der Waals surface area contributed by atoms with Gasteiger partial charge in [-0.1, -0.05) is 19.8 Å². The predicted molar refractivity (Wildman–Crippen MR) is 87.9 cm³/mol. The molecule has 114 valence electrons. The highest BCUT2D eigenvalue weighted by molar-refractivity contribution is 7.18. The van der Waals surface area contributed by atoms with E-state index in [2.05, 4.69) is 17.3 Å². The number of nitrogens with one attached hydrogen (secondary N) is 1. The molecule has 0 aromatic carbocycles. The average Bonchev–Trinajstić information content (AvgIpc) is 2.68. The maximum atomic E-state index is 12.9. The zero-order valence-corrected chi connectivity index (χ0v) is 13.3. The van der Waals surface area contributed by atoms with E-state index in [-0.39, 0.29) is 5.56 Å². The Balaban J connectivity index is 2.20. The molecule has 21 heavy (non-hydrogen) atoms. The van der Waals surface area contributed by atoms with E-state index in [1.807, 2.05) is 0 Å². The van der Waals surface area contributed by atoms with Gasteiger partial charge in [0, 0.05) is 11.4 Å². The smallest absolute Gasteiger partial charge is 0.263 e. The average molecular weight is 306 g/mol. The Bertz CT molecular complexity index is 704. The van der Waals surface area contributed by atoms with E-state index in [4.69, 9.17) is 5.84 Å². The summed E-state index contributed by atoms with van der Waals surface area (Å²) in [6.45, 7) is 2.78. The van der Waals surface area contributed by atoms with Gasteiger partial charge in [0.1, 0.15) is 4.83 Å². The molecule has 0 saturated carbocycles. The monoisotopic (exact) mass is 306 g/mol. The molecular formula is C15H22N4OS. The topological polar surface area (TPSA) is 72.9 Å². The van der Waals surface area contributed by atoms with Crippen LogP contribution in [0.1, 0.15) is 49.5 Å². The summed E-state index contributed by atoms with van der Waals surface area (Å²) in [5.41, 5.74) is 3.91. The van der Waals surface area contributed by atoms with Crippen molar-refractivity contribution in [3.05, 3.63) is 20.8 Å². The highest BCUT2D eigenvalue weighted by atomic mass is 32.1. The number of hydrazine groups is 1. The van der Waals surface area contributed by atoms with Gasteiger partial charge >= 0.3 is 0 Å². The number of anilines is 1. The first-order valence-corrected chi connectivity index (χ1v) is 8.59. The van der Waals surface area contributed by atoms with E-state index in [1.165, 1.54) is 29.7 Å². The van der Waals surface area contributed by atoms with Crippen LogP contribution in [-0.2, 0) is 19.4 Å². The van der Waals surface area contributed by atoms with Crippen LogP contribution in [-0.4, -0.2) is 9.55 Å². The second-order valence-electron chi connectivity index (χ2n) is 5.63. The highest BCUT2D eigenvalue weighted by Crippen LogP contribution is 2.33. The third-order valence-electron chi connectivity index (χ3n) is 4.19. The predicted octanol–water partition coefficient (Wildman–Crippen LogP) is 2.81. The Morgan fingerprint density at radius 2 is 2.14 bits per heavy atom. The van der Waals surface area contributed by atoms with Crippen molar-refractivity contribution in [1.29, 1.82) is 0 Å². The van der Waals surface area contributed by atoms with Crippen LogP contribution >= 0.6 is 11.3 Å². The zero-order valence-electron chi connectivity index (χ0n) is 12.4. The number of thiophene rings is 1. The van der Waals surface area contributed by atoms with Gasteiger partial charge in [-0.2, -0.15) is 0 Å². The van der Waals surface area contributed by atoms with Crippen molar-refractivity contribution in [3.63, 3.8) is 0 Å². The lowest BCUT2D eigenvalue weighted by Gasteiger charge is -2.11. The Hall–Kier alpha value is -1.40. The van der Waals surface area contributed by atoms with Gasteiger partial charge in [0.05, 0.1) is 5.39 Å². The Kier molecular flexibility index (Phi) is 4.26. The summed E-state index contributed by atoms with van der Waals surface area (Å²) >= 11 is 1.67. The molecule has 0 unspecified atom stereocenters. The van der Waals surface area contributed by atoms with Crippen LogP contribution in [0.2, 0.25) is 0 Å². The molecular weight excluding hydrogens is 284 g/mol. The molecule has 0 atom stereocenters. The van der Waals surface area contributed by atoms with Gasteiger partial charge in [-0.25, -0.2) is 10.8 Å². The summed E-state index contributed by atoms with van der Waals surface area (Å²) in [4.78, 5) is 19.7. The Labute approximate surface area is 128 Å². The largest absolute Gasteiger partial charge is 0.294 e. The normalized spacial score (nSPS) is 15.0. The van der Waals surface area contributed by atoms with Crippen molar-refractivity contribution in [2.24, 2.45) is 5.84 Å². The molecule has 2 aromatic rings. The van der Waals surface area contributed by atoms with Gasteiger partial charge in [0.2, 0.25) is 5.95 Å². The van der Waals surface area contributed by atoms with Crippen LogP contribution in [0.25, 0.3) is 10.2 Å². The van der Waals surface area contributed by atoms with E-state index in [9.17, 15) is 4.79 Å². The molecule has 5 nitrogen and oxygen atoms in total. The molecule has 0 fully saturated rings. The number of hydrogen-bond acceptors (Lipinski definition) is 5. The van der Waals surface area contributed by atoms with Crippen molar-refractivity contribution in [2.45, 2.75) is 58.4 Å². The van der Waals surface area contributed by atoms with E-state index in [0.29, 0.717) is 12.5 Å². The maximum Gasteiger partial charge on any atom is 0.263 e. The number of nitrogen functional groups attached to an aromatic ring is 1. The van der Waals surface area contributed by atoms with Crippen LogP contribution in [0.15, 0.2) is 4.79 Å². The lowest BCUT2D eigenvalue weighted by atomic mass is 10.1. The van der Waals surface area contributed by atoms with Crippen molar-refractivity contribution in [2.75, 3.05) is 5.43 Å². The molecule has 2 aromatic heterocycles. The molecule has 2 heterocycles. The maximum absolute atomic E-state index is 12.9. The first-order chi connectivity index (χ1) is 10.3. The zero-order chi connectivity index (χ0) is 14.8. The summed E-state index contributed by atoms with van der Waals surface area (Å²) in [5.74, 6) is 6.05. The van der Waals surface area contributed by atoms with Crippen molar-refractivity contribution in [3.8, 4) is 0 Å². The molecule has 6 heteroatoms. The van der Waals surface area contributed by atoms with Gasteiger partial charge < -0.3 is 0 Å². The minimum absolute atomic E-state index is 0.0702. The molecule has 3 rings (SSSR count). The number of aromatic nitrogens is 2. The van der Waals surface area contributed by atoms with Crippen molar-refractivity contribution < 1.29 is 0 Å². The lowest BCUT2D eigenvalue weighted by Crippen LogP contribution is -2.27. The number of nitrogens with zero attached hydrogens (tertiary/aromatic N) is 2. The summed E-state index contributed by atoms with van der Waals surface area (Å²) in [5, 5.41) is 0.840. The van der Waals surface area contributed by atoms with Crippen LogP contribution in [0.4, 0.5) is 5.95 Å². The van der Waals surface area contributed by atoms with Crippen LogP contribution < -0.4 is 16.8 Å². The van der Waals surface area contributed by atoms with Gasteiger partial charge in [-0.3, -0.25) is 14.8 Å². The summed E-state index contributed by atoms with van der Waals surface area (Å²) < 4.78 is 1.70. The number of nitrogens with two attached hydrogens (primary N) is 1. The van der Waals surface area contributed by atoms with E-state index < -0.39 is 0 Å². The van der Waals surface area contributed by atoms with Crippen LogP contribution in [0.3, 0.4) is 0 Å². The molecule has 0 amide bonds. The molecule has 0 spiro atoms. The second-order valence-corrected chi connectivity index (χ2v) is 6.72. The van der Waals surface area contributed by atoms with Crippen molar-refractivity contribution in [1.82, 2.24) is 9.55 Å².